The van der Waals surface area contributed by atoms with E-state index in [4.69, 9.17) is 30.8 Å². The van der Waals surface area contributed by atoms with Crippen molar-refractivity contribution in [2.24, 2.45) is 4.99 Å². The molecule has 38 heavy (non-hydrogen) atoms. The number of methoxy groups -OCH3 is 1. The summed E-state index contributed by atoms with van der Waals surface area (Å²) >= 11 is 11.2. The first-order chi connectivity index (χ1) is 18.3. The van der Waals surface area contributed by atoms with E-state index in [1.165, 1.54) is 11.3 Å². The summed E-state index contributed by atoms with van der Waals surface area (Å²) in [5.74, 6) is 0.745. The number of hydrogen-bond donors (Lipinski definition) is 0. The van der Waals surface area contributed by atoms with Gasteiger partial charge < -0.3 is 14.2 Å². The van der Waals surface area contributed by atoms with Crippen molar-refractivity contribution in [2.45, 2.75) is 39.7 Å². The van der Waals surface area contributed by atoms with Crippen LogP contribution in [0.5, 0.6) is 11.5 Å². The quantitative estimate of drug-likeness (QED) is 0.300. The van der Waals surface area contributed by atoms with Gasteiger partial charge >= 0.3 is 5.97 Å². The minimum atomic E-state index is -0.708. The van der Waals surface area contributed by atoms with Gasteiger partial charge in [0.15, 0.2) is 4.80 Å². The maximum Gasteiger partial charge on any atom is 0.338 e. The molecule has 0 fully saturated rings. The van der Waals surface area contributed by atoms with Gasteiger partial charge in [-0.25, -0.2) is 9.79 Å². The number of carbonyl (C=O) groups excluding carboxylic acids is 1. The van der Waals surface area contributed by atoms with E-state index >= 15 is 0 Å². The van der Waals surface area contributed by atoms with E-state index in [-0.39, 0.29) is 12.2 Å². The number of benzene rings is 2. The summed E-state index contributed by atoms with van der Waals surface area (Å²) in [5, 5.41) is 0.462. The largest absolute Gasteiger partial charge is 0.496 e. The smallest absolute Gasteiger partial charge is 0.338 e. The summed E-state index contributed by atoms with van der Waals surface area (Å²) in [5.41, 5.74) is 2.23. The molecule has 1 aliphatic rings. The number of carbonyl (C=O) groups is 1. The van der Waals surface area contributed by atoms with Gasteiger partial charge in [0.2, 0.25) is 0 Å². The van der Waals surface area contributed by atoms with Gasteiger partial charge in [-0.15, -0.1) is 0 Å². The first kappa shape index (κ1) is 28.1. The minimum absolute atomic E-state index is 0.212. The number of halogens is 2. The van der Waals surface area contributed by atoms with Crippen LogP contribution in [-0.4, -0.2) is 30.9 Å². The molecular formula is C28H28BrClN2O5S. The van der Waals surface area contributed by atoms with Crippen molar-refractivity contribution in [2.75, 3.05) is 20.3 Å². The minimum Gasteiger partial charge on any atom is -0.496 e. The van der Waals surface area contributed by atoms with Crippen LogP contribution in [0.4, 0.5) is 0 Å². The van der Waals surface area contributed by atoms with Crippen LogP contribution in [0.1, 0.15) is 50.8 Å². The Labute approximate surface area is 238 Å². The standard InChI is InChI=1S/C28H28BrClN2O5S/c1-5-8-20-24(27(34)37-7-3)25(17-10-12-21(35-4)18(29)15-17)32-26(33)23(38-28(32)31-20)14-16-9-11-22(36-6-2)19(30)13-16/h9-15,25H,5-8H2,1-4H3/b23-14-/t25-/m1/s1. The van der Waals surface area contributed by atoms with E-state index in [2.05, 4.69) is 15.9 Å². The molecule has 0 amide bonds. The summed E-state index contributed by atoms with van der Waals surface area (Å²) in [6.07, 6.45) is 3.13. The lowest BCUT2D eigenvalue weighted by molar-refractivity contribution is -0.139. The molecule has 1 atom stereocenters. The molecule has 0 spiro atoms. The summed E-state index contributed by atoms with van der Waals surface area (Å²) in [7, 11) is 1.58. The third kappa shape index (κ3) is 5.60. The molecule has 2 heterocycles. The average molecular weight is 620 g/mol. The van der Waals surface area contributed by atoms with Crippen LogP contribution in [-0.2, 0) is 9.53 Å². The number of thiazole rings is 1. The predicted molar refractivity (Wildman–Crippen MR) is 153 cm³/mol. The Kier molecular flexibility index (Phi) is 9.12. The molecule has 4 rings (SSSR count). The van der Waals surface area contributed by atoms with Gasteiger partial charge in [0, 0.05) is 0 Å². The normalized spacial score (nSPS) is 15.2. The van der Waals surface area contributed by atoms with E-state index in [1.807, 2.05) is 32.0 Å². The number of ether oxygens (including phenoxy) is 3. The number of nitrogens with zero attached hydrogens (tertiary/aromatic N) is 2. The fourth-order valence-corrected chi connectivity index (χ4v) is 6.14. The highest BCUT2D eigenvalue weighted by Crippen LogP contribution is 2.36. The number of esters is 1. The van der Waals surface area contributed by atoms with Crippen LogP contribution < -0.4 is 24.4 Å². The second kappa shape index (κ2) is 12.3. The summed E-state index contributed by atoms with van der Waals surface area (Å²) < 4.78 is 19.1. The second-order valence-electron chi connectivity index (χ2n) is 8.43. The maximum atomic E-state index is 13.9. The fourth-order valence-electron chi connectivity index (χ4n) is 4.32. The summed E-state index contributed by atoms with van der Waals surface area (Å²) in [4.78, 5) is 32.5. The Hall–Kier alpha value is -2.88. The number of allylic oxidation sites excluding steroid dienone is 1. The van der Waals surface area contributed by atoms with Crippen molar-refractivity contribution in [3.05, 3.63) is 88.0 Å². The van der Waals surface area contributed by atoms with Crippen molar-refractivity contribution < 1.29 is 19.0 Å². The topological polar surface area (TPSA) is 79.1 Å². The van der Waals surface area contributed by atoms with Crippen LogP contribution in [0.3, 0.4) is 0 Å². The molecule has 0 saturated carbocycles. The molecule has 0 unspecified atom stereocenters. The molecule has 0 saturated heterocycles. The van der Waals surface area contributed by atoms with Crippen LogP contribution in [0.25, 0.3) is 6.08 Å². The molecule has 2 aromatic carbocycles. The van der Waals surface area contributed by atoms with Crippen molar-refractivity contribution in [3.8, 4) is 11.5 Å². The maximum absolute atomic E-state index is 13.9. The van der Waals surface area contributed by atoms with Gasteiger partial charge in [-0.05, 0) is 77.7 Å². The zero-order valence-corrected chi connectivity index (χ0v) is 24.7. The molecule has 0 radical (unpaired) electrons. The second-order valence-corrected chi connectivity index (χ2v) is 10.7. The Morgan fingerprint density at radius 2 is 1.92 bits per heavy atom. The van der Waals surface area contributed by atoms with Crippen LogP contribution >= 0.6 is 38.9 Å². The van der Waals surface area contributed by atoms with Crippen molar-refractivity contribution >= 4 is 50.9 Å². The van der Waals surface area contributed by atoms with Crippen molar-refractivity contribution in [1.82, 2.24) is 4.57 Å². The molecular weight excluding hydrogens is 592 g/mol. The average Bonchev–Trinajstić information content (AvgIpc) is 3.19. The van der Waals surface area contributed by atoms with E-state index < -0.39 is 12.0 Å². The zero-order valence-electron chi connectivity index (χ0n) is 21.5. The summed E-state index contributed by atoms with van der Waals surface area (Å²) in [6.45, 7) is 6.38. The Morgan fingerprint density at radius 1 is 1.16 bits per heavy atom. The molecule has 3 aromatic rings. The van der Waals surface area contributed by atoms with E-state index in [0.717, 1.165) is 17.5 Å². The summed E-state index contributed by atoms with van der Waals surface area (Å²) in [6, 6.07) is 10.2. The fraction of sp³-hybridized carbons (Fsp3) is 0.321. The highest BCUT2D eigenvalue weighted by Gasteiger charge is 2.34. The van der Waals surface area contributed by atoms with Gasteiger partial charge in [0.1, 0.15) is 11.5 Å². The highest BCUT2D eigenvalue weighted by molar-refractivity contribution is 9.10. The number of rotatable bonds is 9. The zero-order chi connectivity index (χ0) is 27.4. The first-order valence-corrected chi connectivity index (χ1v) is 14.3. The molecule has 200 valence electrons. The lowest BCUT2D eigenvalue weighted by Crippen LogP contribution is -2.40. The Balaban J connectivity index is 1.96. The number of aromatic nitrogens is 1. The molecule has 1 aliphatic heterocycles. The SMILES string of the molecule is CCCC1=C(C(=O)OCC)[C@@H](c2ccc(OC)c(Br)c2)n2c(s/c(=C\c3ccc(OCC)c(Cl)c3)c2=O)=N1. The number of fused-ring (bicyclic) bond motifs is 1. The monoisotopic (exact) mass is 618 g/mol. The molecule has 0 bridgehead atoms. The molecule has 10 heteroatoms. The van der Waals surface area contributed by atoms with Gasteiger partial charge in [0.25, 0.3) is 5.56 Å². The number of hydrogen-bond acceptors (Lipinski definition) is 7. The van der Waals surface area contributed by atoms with E-state index in [9.17, 15) is 9.59 Å². The third-order valence-corrected chi connectivity index (χ3v) is 7.84. The molecule has 0 N–H and O–H groups in total. The molecule has 1 aromatic heterocycles. The first-order valence-electron chi connectivity index (χ1n) is 12.3. The third-order valence-electron chi connectivity index (χ3n) is 5.94. The molecule has 0 aliphatic carbocycles. The lowest BCUT2D eigenvalue weighted by atomic mass is 9.94. The van der Waals surface area contributed by atoms with Crippen molar-refractivity contribution in [1.29, 1.82) is 0 Å². The lowest BCUT2D eigenvalue weighted by Gasteiger charge is -2.26. The Bertz CT molecular complexity index is 1580. The van der Waals surface area contributed by atoms with Gasteiger partial charge in [0.05, 0.1) is 51.7 Å². The highest BCUT2D eigenvalue weighted by atomic mass is 79.9. The van der Waals surface area contributed by atoms with Gasteiger partial charge in [-0.2, -0.15) is 0 Å². The Morgan fingerprint density at radius 3 is 2.55 bits per heavy atom. The van der Waals surface area contributed by atoms with Gasteiger partial charge in [-0.1, -0.05) is 48.4 Å². The van der Waals surface area contributed by atoms with E-state index in [1.54, 1.807) is 42.9 Å². The van der Waals surface area contributed by atoms with Gasteiger partial charge in [-0.3, -0.25) is 9.36 Å². The van der Waals surface area contributed by atoms with Crippen LogP contribution in [0.2, 0.25) is 5.02 Å². The van der Waals surface area contributed by atoms with E-state index in [0.29, 0.717) is 54.6 Å². The molecule has 7 nitrogen and oxygen atoms in total. The van der Waals surface area contributed by atoms with Crippen molar-refractivity contribution in [3.63, 3.8) is 0 Å². The van der Waals surface area contributed by atoms with Crippen LogP contribution in [0.15, 0.2) is 61.9 Å². The van der Waals surface area contributed by atoms with Crippen LogP contribution in [0, 0.1) is 0 Å². The predicted octanol–water partition coefficient (Wildman–Crippen LogP) is 5.40.